The monoisotopic (exact) mass is 407 g/mol. The smallest absolute Gasteiger partial charge is 0.220 e. The minimum atomic E-state index is -0.655. The summed E-state index contributed by atoms with van der Waals surface area (Å²) in [7, 11) is 0. The molecule has 5 heteroatoms. The van der Waals surface area contributed by atoms with Crippen molar-refractivity contribution < 1.29 is 20.1 Å². The minimum Gasteiger partial charge on any atom is -0.395 e. The molecule has 1 fully saturated rings. The van der Waals surface area contributed by atoms with Gasteiger partial charge in [-0.15, -0.1) is 0 Å². The van der Waals surface area contributed by atoms with Crippen molar-refractivity contribution in [2.24, 2.45) is 17.8 Å². The van der Waals surface area contributed by atoms with Crippen LogP contribution in [0.2, 0.25) is 0 Å². The molecule has 1 amide bonds. The van der Waals surface area contributed by atoms with Crippen molar-refractivity contribution in [2.75, 3.05) is 13.2 Å². The summed E-state index contributed by atoms with van der Waals surface area (Å²) in [6, 6.07) is 0. The largest absolute Gasteiger partial charge is 0.395 e. The molecular formula is C24H41NO4. The van der Waals surface area contributed by atoms with Crippen LogP contribution in [0, 0.1) is 17.8 Å². The molecule has 5 atom stereocenters. The lowest BCUT2D eigenvalue weighted by molar-refractivity contribution is -0.121. The molecule has 0 radical (unpaired) electrons. The Morgan fingerprint density at radius 1 is 1.34 bits per heavy atom. The van der Waals surface area contributed by atoms with Gasteiger partial charge in [-0.2, -0.15) is 0 Å². The van der Waals surface area contributed by atoms with Crippen molar-refractivity contribution in [3.8, 4) is 0 Å². The highest BCUT2D eigenvalue weighted by molar-refractivity contribution is 5.75. The zero-order chi connectivity index (χ0) is 21.3. The summed E-state index contributed by atoms with van der Waals surface area (Å²) in [6.07, 6.45) is 15.2. The van der Waals surface area contributed by atoms with Crippen molar-refractivity contribution >= 4 is 5.91 Å². The van der Waals surface area contributed by atoms with E-state index in [1.54, 1.807) is 0 Å². The topological polar surface area (TPSA) is 89.8 Å². The van der Waals surface area contributed by atoms with Crippen molar-refractivity contribution in [3.05, 3.63) is 23.8 Å². The number of carbonyl (C=O) groups excluding carboxylic acids is 1. The second-order valence-corrected chi connectivity index (χ2v) is 9.25. The highest BCUT2D eigenvalue weighted by atomic mass is 16.3. The highest BCUT2D eigenvalue weighted by Crippen LogP contribution is 2.48. The molecule has 0 bridgehead atoms. The van der Waals surface area contributed by atoms with Gasteiger partial charge < -0.3 is 20.6 Å². The van der Waals surface area contributed by atoms with Crippen LogP contribution in [0.3, 0.4) is 0 Å². The van der Waals surface area contributed by atoms with Crippen LogP contribution in [0.15, 0.2) is 23.8 Å². The Bertz CT molecular complexity index is 569. The lowest BCUT2D eigenvalue weighted by Crippen LogP contribution is -2.25. The Hall–Kier alpha value is -1.17. The minimum absolute atomic E-state index is 0.0134. The second kappa shape index (κ2) is 11.9. The number of carbonyl (C=O) groups is 1. The quantitative estimate of drug-likeness (QED) is 0.278. The van der Waals surface area contributed by atoms with Gasteiger partial charge in [-0.05, 0) is 63.7 Å². The third kappa shape index (κ3) is 7.88. The molecule has 0 aromatic rings. The van der Waals surface area contributed by atoms with E-state index >= 15 is 0 Å². The molecule has 2 aliphatic carbocycles. The molecule has 0 saturated heterocycles. The molecule has 0 aliphatic heterocycles. The van der Waals surface area contributed by atoms with E-state index in [0.717, 1.165) is 51.4 Å². The Morgan fingerprint density at radius 2 is 2.14 bits per heavy atom. The van der Waals surface area contributed by atoms with Crippen molar-refractivity contribution in [2.45, 2.75) is 89.8 Å². The number of hydrogen-bond acceptors (Lipinski definition) is 4. The molecule has 2 aliphatic rings. The molecular weight excluding hydrogens is 366 g/mol. The van der Waals surface area contributed by atoms with Crippen LogP contribution in [0.5, 0.6) is 0 Å². The number of unbranched alkanes of at least 4 members (excludes halogenated alkanes) is 2. The molecule has 1 saturated carbocycles. The number of rotatable bonds is 13. The standard InChI is InChI=1S/C24H41NO4/c1-3-4-11-24(2,29)12-7-9-20-21-16-18(15-19(21)17-22(20)27)8-5-6-10-23(28)25-13-14-26/h7,9,15,19-22,26-27,29H,3-6,8,10-14,16-17H2,1-2H3,(H,25,28)/b9-7+/t19-,20+,21-,22+,24-/m0/s1. The van der Waals surface area contributed by atoms with Crippen LogP contribution in [-0.4, -0.2) is 46.1 Å². The predicted octanol–water partition coefficient (Wildman–Crippen LogP) is 3.49. The van der Waals surface area contributed by atoms with Crippen molar-refractivity contribution in [3.63, 3.8) is 0 Å². The Labute approximate surface area is 176 Å². The third-order valence-electron chi connectivity index (χ3n) is 6.52. The summed E-state index contributed by atoms with van der Waals surface area (Å²) in [6.45, 7) is 4.36. The van der Waals surface area contributed by atoms with Crippen LogP contribution < -0.4 is 5.32 Å². The van der Waals surface area contributed by atoms with Crippen LogP contribution in [0.4, 0.5) is 0 Å². The zero-order valence-corrected chi connectivity index (χ0v) is 18.3. The van der Waals surface area contributed by atoms with Gasteiger partial charge in [0.25, 0.3) is 0 Å². The Kier molecular flexibility index (Phi) is 9.87. The normalized spacial score (nSPS) is 28.4. The van der Waals surface area contributed by atoms with Gasteiger partial charge in [0.15, 0.2) is 0 Å². The van der Waals surface area contributed by atoms with E-state index in [0.29, 0.717) is 31.2 Å². The number of aliphatic hydroxyl groups is 3. The molecule has 4 N–H and O–H groups in total. The van der Waals surface area contributed by atoms with Gasteiger partial charge in [-0.25, -0.2) is 0 Å². The predicted molar refractivity (Wildman–Crippen MR) is 116 cm³/mol. The number of aliphatic hydroxyl groups excluding tert-OH is 2. The summed E-state index contributed by atoms with van der Waals surface area (Å²) in [5.74, 6) is 1.13. The molecule has 0 unspecified atom stereocenters. The lowest BCUT2D eigenvalue weighted by atomic mass is 9.87. The molecule has 0 heterocycles. The summed E-state index contributed by atoms with van der Waals surface area (Å²) in [5, 5.41) is 32.4. The molecule has 166 valence electrons. The van der Waals surface area contributed by atoms with Crippen LogP contribution in [0.25, 0.3) is 0 Å². The maximum atomic E-state index is 11.6. The van der Waals surface area contributed by atoms with E-state index in [-0.39, 0.29) is 24.5 Å². The van der Waals surface area contributed by atoms with E-state index in [1.807, 2.05) is 6.92 Å². The van der Waals surface area contributed by atoms with Crippen LogP contribution in [0.1, 0.15) is 78.1 Å². The molecule has 5 nitrogen and oxygen atoms in total. The van der Waals surface area contributed by atoms with Gasteiger partial charge in [0.1, 0.15) is 0 Å². The first-order valence-electron chi connectivity index (χ1n) is 11.5. The second-order valence-electron chi connectivity index (χ2n) is 9.25. The highest BCUT2D eigenvalue weighted by Gasteiger charge is 2.43. The Morgan fingerprint density at radius 3 is 2.86 bits per heavy atom. The first kappa shape index (κ1) is 24.1. The van der Waals surface area contributed by atoms with Crippen molar-refractivity contribution in [1.82, 2.24) is 5.32 Å². The van der Waals surface area contributed by atoms with E-state index in [2.05, 4.69) is 30.5 Å². The average molecular weight is 408 g/mol. The maximum absolute atomic E-state index is 11.6. The molecule has 0 aromatic heterocycles. The van der Waals surface area contributed by atoms with Gasteiger partial charge in [-0.1, -0.05) is 43.6 Å². The fourth-order valence-electron chi connectivity index (χ4n) is 4.85. The number of allylic oxidation sites excluding steroid dienone is 2. The van der Waals surface area contributed by atoms with E-state index in [1.165, 1.54) is 5.57 Å². The average Bonchev–Trinajstić information content (AvgIpc) is 3.19. The van der Waals surface area contributed by atoms with Crippen LogP contribution in [-0.2, 0) is 4.79 Å². The fourth-order valence-corrected chi connectivity index (χ4v) is 4.85. The number of fused-ring (bicyclic) bond motifs is 1. The summed E-state index contributed by atoms with van der Waals surface area (Å²) < 4.78 is 0. The SMILES string of the molecule is CCCC[C@](C)(O)C/C=C/[C@@H]1[C@H]2CC(CCCCC(=O)NCCO)=C[C@H]2C[C@H]1O. The third-order valence-corrected chi connectivity index (χ3v) is 6.52. The van der Waals surface area contributed by atoms with Gasteiger partial charge in [0.05, 0.1) is 18.3 Å². The van der Waals surface area contributed by atoms with Gasteiger partial charge in [0, 0.05) is 18.9 Å². The number of nitrogens with one attached hydrogen (secondary N) is 1. The molecule has 29 heavy (non-hydrogen) atoms. The van der Waals surface area contributed by atoms with Gasteiger partial charge >= 0.3 is 0 Å². The molecule has 0 aromatic carbocycles. The first-order chi connectivity index (χ1) is 13.9. The maximum Gasteiger partial charge on any atom is 0.220 e. The van der Waals surface area contributed by atoms with E-state index in [4.69, 9.17) is 5.11 Å². The van der Waals surface area contributed by atoms with Gasteiger partial charge in [-0.3, -0.25) is 4.79 Å². The van der Waals surface area contributed by atoms with E-state index in [9.17, 15) is 15.0 Å². The molecule has 2 rings (SSSR count). The number of hydrogen-bond donors (Lipinski definition) is 4. The van der Waals surface area contributed by atoms with Gasteiger partial charge in [0.2, 0.25) is 5.91 Å². The number of amides is 1. The zero-order valence-electron chi connectivity index (χ0n) is 18.3. The molecule has 0 spiro atoms. The van der Waals surface area contributed by atoms with Crippen molar-refractivity contribution in [1.29, 1.82) is 0 Å². The lowest BCUT2D eigenvalue weighted by Gasteiger charge is -2.22. The fraction of sp³-hybridized carbons (Fsp3) is 0.792. The van der Waals surface area contributed by atoms with E-state index < -0.39 is 5.60 Å². The van der Waals surface area contributed by atoms with Crippen LogP contribution >= 0.6 is 0 Å². The summed E-state index contributed by atoms with van der Waals surface area (Å²) in [5.41, 5.74) is 0.814. The first-order valence-corrected chi connectivity index (χ1v) is 11.5. The summed E-state index contributed by atoms with van der Waals surface area (Å²) >= 11 is 0. The summed E-state index contributed by atoms with van der Waals surface area (Å²) in [4.78, 5) is 11.6. The Balaban J connectivity index is 1.74.